The van der Waals surface area contributed by atoms with Gasteiger partial charge in [-0.15, -0.1) is 12.3 Å². The van der Waals surface area contributed by atoms with Crippen LogP contribution < -0.4 is 11.3 Å². The van der Waals surface area contributed by atoms with Gasteiger partial charge in [-0.25, -0.2) is 0 Å². The lowest BCUT2D eigenvalue weighted by Gasteiger charge is -2.17. The predicted octanol–water partition coefficient (Wildman–Crippen LogP) is 2.60. The molecule has 0 spiro atoms. The fourth-order valence-corrected chi connectivity index (χ4v) is 2.26. The van der Waals surface area contributed by atoms with Gasteiger partial charge in [-0.3, -0.25) is 11.3 Å². The van der Waals surface area contributed by atoms with E-state index in [-0.39, 0.29) is 6.04 Å². The van der Waals surface area contributed by atoms with Crippen molar-refractivity contribution >= 4 is 22.6 Å². The number of unbranched alkanes of at least 4 members (excludes halogenated alkanes) is 1. The minimum Gasteiger partial charge on any atom is -0.271 e. The number of hydrogen-bond acceptors (Lipinski definition) is 2. The van der Waals surface area contributed by atoms with Gasteiger partial charge in [-0.2, -0.15) is 0 Å². The lowest BCUT2D eigenvalue weighted by Crippen LogP contribution is -2.28. The van der Waals surface area contributed by atoms with E-state index in [4.69, 9.17) is 12.3 Å². The largest absolute Gasteiger partial charge is 0.271 e. The van der Waals surface area contributed by atoms with Crippen molar-refractivity contribution in [2.24, 2.45) is 5.84 Å². The molecule has 0 amide bonds. The fourth-order valence-electron chi connectivity index (χ4n) is 1.49. The maximum absolute atomic E-state index is 5.55. The number of benzene rings is 1. The second-order valence-corrected chi connectivity index (χ2v) is 4.50. The Morgan fingerprint density at radius 1 is 1.47 bits per heavy atom. The van der Waals surface area contributed by atoms with Gasteiger partial charge >= 0.3 is 0 Å². The maximum atomic E-state index is 5.55. The summed E-state index contributed by atoms with van der Waals surface area (Å²) in [6.07, 6.45) is 8.00. The monoisotopic (exact) mass is 314 g/mol. The standard InChI is InChI=1S/C12H15IN2/c1-2-3-4-9-12(15-14)10-7-5-6-8-11(10)13/h1,5-8,12,15H,3-4,9,14H2. The number of hydrogen-bond donors (Lipinski definition) is 2. The Hall–Kier alpha value is -0.570. The average molecular weight is 314 g/mol. The zero-order valence-electron chi connectivity index (χ0n) is 8.54. The molecule has 0 radical (unpaired) electrons. The van der Waals surface area contributed by atoms with Crippen LogP contribution in [0.25, 0.3) is 0 Å². The van der Waals surface area contributed by atoms with Crippen molar-refractivity contribution in [3.63, 3.8) is 0 Å². The molecule has 0 heterocycles. The summed E-state index contributed by atoms with van der Waals surface area (Å²) >= 11 is 2.32. The third kappa shape index (κ3) is 3.82. The Balaban J connectivity index is 2.66. The van der Waals surface area contributed by atoms with E-state index in [0.717, 1.165) is 19.3 Å². The molecule has 3 heteroatoms. The van der Waals surface area contributed by atoms with Crippen LogP contribution in [0.1, 0.15) is 30.9 Å². The van der Waals surface area contributed by atoms with Crippen LogP contribution in [-0.4, -0.2) is 0 Å². The van der Waals surface area contributed by atoms with E-state index >= 15 is 0 Å². The summed E-state index contributed by atoms with van der Waals surface area (Å²) in [5.74, 6) is 8.19. The molecule has 1 atom stereocenters. The Morgan fingerprint density at radius 2 is 2.20 bits per heavy atom. The third-order valence-electron chi connectivity index (χ3n) is 2.30. The molecule has 0 aromatic heterocycles. The smallest absolute Gasteiger partial charge is 0.0470 e. The van der Waals surface area contributed by atoms with Gasteiger partial charge in [-0.1, -0.05) is 18.2 Å². The molecule has 0 fully saturated rings. The molecule has 1 aromatic rings. The number of terminal acetylenes is 1. The van der Waals surface area contributed by atoms with Crippen molar-refractivity contribution in [2.45, 2.75) is 25.3 Å². The summed E-state index contributed by atoms with van der Waals surface area (Å²) in [6, 6.07) is 8.44. The molecule has 0 bridgehead atoms. The average Bonchev–Trinajstić information content (AvgIpc) is 2.26. The first-order chi connectivity index (χ1) is 7.29. The van der Waals surface area contributed by atoms with Crippen LogP contribution in [-0.2, 0) is 0 Å². The van der Waals surface area contributed by atoms with Crippen molar-refractivity contribution in [1.82, 2.24) is 5.43 Å². The topological polar surface area (TPSA) is 38.0 Å². The Kier molecular flexibility index (Phi) is 5.69. The third-order valence-corrected chi connectivity index (χ3v) is 3.28. The number of rotatable bonds is 5. The fraction of sp³-hybridized carbons (Fsp3) is 0.333. The highest BCUT2D eigenvalue weighted by Crippen LogP contribution is 2.23. The molecule has 0 saturated carbocycles. The van der Waals surface area contributed by atoms with Crippen molar-refractivity contribution in [2.75, 3.05) is 0 Å². The number of nitrogens with two attached hydrogens (primary N) is 1. The van der Waals surface area contributed by atoms with E-state index in [0.29, 0.717) is 0 Å². The number of nitrogens with one attached hydrogen (secondary N) is 1. The summed E-state index contributed by atoms with van der Waals surface area (Å²) in [5, 5.41) is 0. The van der Waals surface area contributed by atoms with Crippen LogP contribution in [0.5, 0.6) is 0 Å². The first-order valence-electron chi connectivity index (χ1n) is 4.93. The first-order valence-corrected chi connectivity index (χ1v) is 6.01. The zero-order chi connectivity index (χ0) is 11.1. The van der Waals surface area contributed by atoms with Gasteiger partial charge in [0, 0.05) is 16.0 Å². The van der Waals surface area contributed by atoms with E-state index in [1.54, 1.807) is 0 Å². The summed E-state index contributed by atoms with van der Waals surface area (Å²) in [5.41, 5.74) is 4.09. The van der Waals surface area contributed by atoms with Crippen LogP contribution >= 0.6 is 22.6 Å². The quantitative estimate of drug-likeness (QED) is 0.288. The summed E-state index contributed by atoms with van der Waals surface area (Å²) < 4.78 is 1.23. The minimum atomic E-state index is 0.200. The first kappa shape index (κ1) is 12.5. The van der Waals surface area contributed by atoms with Gasteiger partial charge in [0.15, 0.2) is 0 Å². The molecular weight excluding hydrogens is 299 g/mol. The van der Waals surface area contributed by atoms with Crippen LogP contribution in [0.15, 0.2) is 24.3 Å². The Labute approximate surface area is 105 Å². The van der Waals surface area contributed by atoms with Crippen molar-refractivity contribution in [3.8, 4) is 12.3 Å². The molecule has 0 aliphatic heterocycles. The van der Waals surface area contributed by atoms with E-state index in [1.165, 1.54) is 9.13 Å². The van der Waals surface area contributed by atoms with Crippen molar-refractivity contribution in [1.29, 1.82) is 0 Å². The maximum Gasteiger partial charge on any atom is 0.0470 e. The van der Waals surface area contributed by atoms with Crippen LogP contribution in [0.2, 0.25) is 0 Å². The van der Waals surface area contributed by atoms with Crippen molar-refractivity contribution < 1.29 is 0 Å². The summed E-state index contributed by atoms with van der Waals surface area (Å²) in [7, 11) is 0. The molecule has 15 heavy (non-hydrogen) atoms. The van der Waals surface area contributed by atoms with Crippen molar-refractivity contribution in [3.05, 3.63) is 33.4 Å². The van der Waals surface area contributed by atoms with E-state index < -0.39 is 0 Å². The van der Waals surface area contributed by atoms with E-state index in [1.807, 2.05) is 12.1 Å². The van der Waals surface area contributed by atoms with Gasteiger partial charge in [0.05, 0.1) is 0 Å². The Bertz CT molecular complexity index is 344. The minimum absolute atomic E-state index is 0.200. The van der Waals surface area contributed by atoms with Gasteiger partial charge in [0.2, 0.25) is 0 Å². The number of hydrazine groups is 1. The second-order valence-electron chi connectivity index (χ2n) is 3.34. The Morgan fingerprint density at radius 3 is 2.80 bits per heavy atom. The summed E-state index contributed by atoms with van der Waals surface area (Å²) in [4.78, 5) is 0. The van der Waals surface area contributed by atoms with Crippen LogP contribution in [0.3, 0.4) is 0 Å². The lowest BCUT2D eigenvalue weighted by atomic mass is 10.0. The predicted molar refractivity (Wildman–Crippen MR) is 71.9 cm³/mol. The van der Waals surface area contributed by atoms with Gasteiger partial charge in [0.1, 0.15) is 0 Å². The van der Waals surface area contributed by atoms with E-state index in [9.17, 15) is 0 Å². The van der Waals surface area contributed by atoms with Crippen LogP contribution in [0, 0.1) is 15.9 Å². The lowest BCUT2D eigenvalue weighted by molar-refractivity contribution is 0.500. The molecule has 1 aromatic carbocycles. The highest BCUT2D eigenvalue weighted by molar-refractivity contribution is 14.1. The SMILES string of the molecule is C#CCCCC(NN)c1ccccc1I. The molecule has 2 nitrogen and oxygen atoms in total. The summed E-state index contributed by atoms with van der Waals surface area (Å²) in [6.45, 7) is 0. The zero-order valence-corrected chi connectivity index (χ0v) is 10.7. The van der Waals surface area contributed by atoms with Crippen LogP contribution in [0.4, 0.5) is 0 Å². The highest BCUT2D eigenvalue weighted by atomic mass is 127. The molecular formula is C12H15IN2. The molecule has 80 valence electrons. The van der Waals surface area contributed by atoms with Gasteiger partial charge in [0.25, 0.3) is 0 Å². The molecule has 3 N–H and O–H groups in total. The molecule has 1 unspecified atom stereocenters. The van der Waals surface area contributed by atoms with Gasteiger partial charge < -0.3 is 0 Å². The van der Waals surface area contributed by atoms with E-state index in [2.05, 4.69) is 46.1 Å². The highest BCUT2D eigenvalue weighted by Gasteiger charge is 2.11. The molecule has 0 aliphatic rings. The second kappa shape index (κ2) is 6.83. The normalized spacial score (nSPS) is 12.1. The molecule has 0 saturated heterocycles. The molecule has 1 rings (SSSR count). The number of halogens is 1. The van der Waals surface area contributed by atoms with Gasteiger partial charge in [-0.05, 0) is 47.1 Å². The molecule has 0 aliphatic carbocycles.